The monoisotopic (exact) mass is 662 g/mol. The van der Waals surface area contributed by atoms with E-state index in [9.17, 15) is 9.59 Å². The average molecular weight is 662 g/mol. The lowest BCUT2D eigenvalue weighted by Gasteiger charge is -2.43. The fraction of sp³-hybridized carbons (Fsp3) is 0.913. The summed E-state index contributed by atoms with van der Waals surface area (Å²) in [5.74, 6) is -0.298. The number of rotatable bonds is 6. The van der Waals surface area contributed by atoms with E-state index in [2.05, 4.69) is 28.2 Å². The van der Waals surface area contributed by atoms with E-state index in [0.29, 0.717) is 43.4 Å². The summed E-state index contributed by atoms with van der Waals surface area (Å²) in [7, 11) is 9.24. The zero-order valence-corrected chi connectivity index (χ0v) is 23.8. The van der Waals surface area contributed by atoms with Crippen LogP contribution in [-0.4, -0.2) is 85.5 Å². The number of ether oxygens (including phenoxy) is 2. The lowest BCUT2D eigenvalue weighted by Crippen LogP contribution is -3.00. The molecule has 0 aromatic carbocycles. The maximum atomic E-state index is 12.3. The van der Waals surface area contributed by atoms with Crippen LogP contribution in [0.1, 0.15) is 70.6 Å². The van der Waals surface area contributed by atoms with Gasteiger partial charge < -0.3 is 66.4 Å². The highest BCUT2D eigenvalue weighted by Crippen LogP contribution is 2.41. The third-order valence-electron chi connectivity index (χ3n) is 8.93. The first kappa shape index (κ1) is 27.6. The van der Waals surface area contributed by atoms with Gasteiger partial charge in [0.1, 0.15) is 12.2 Å². The van der Waals surface area contributed by atoms with Crippen LogP contribution in [0.25, 0.3) is 0 Å². The summed E-state index contributed by atoms with van der Waals surface area (Å²) in [4.78, 5) is 24.5. The largest absolute Gasteiger partial charge is 1.00 e. The Bertz CT molecular complexity index is 571. The van der Waals surface area contributed by atoms with Crippen LogP contribution in [0.5, 0.6) is 0 Å². The van der Waals surface area contributed by atoms with Crippen LogP contribution in [0.4, 0.5) is 0 Å². The molecule has 0 aromatic heterocycles. The molecule has 0 amide bonds. The number of hydrogen-bond donors (Lipinski definition) is 0. The summed E-state index contributed by atoms with van der Waals surface area (Å²) < 4.78 is 13.7. The van der Waals surface area contributed by atoms with E-state index in [0.717, 1.165) is 34.6 Å². The molecule has 0 aromatic rings. The summed E-state index contributed by atoms with van der Waals surface area (Å²) in [5, 5.41) is 0. The van der Waals surface area contributed by atoms with Crippen LogP contribution in [0.15, 0.2) is 0 Å². The van der Waals surface area contributed by atoms with E-state index >= 15 is 0 Å². The van der Waals surface area contributed by atoms with Gasteiger partial charge in [0, 0.05) is 64.2 Å². The SMILES string of the molecule is C[N+]1(C)C2CCC1CC(OC(=O)CCCC(=O)OC1CC3CCC(C1)[N+]3(C)C)C2.[I-].[I-]. The minimum Gasteiger partial charge on any atom is -1.00 e. The van der Waals surface area contributed by atoms with Crippen molar-refractivity contribution in [2.45, 2.75) is 107 Å². The molecule has 4 bridgehead atoms. The smallest absolute Gasteiger partial charge is 0.306 e. The minimum atomic E-state index is -0.149. The van der Waals surface area contributed by atoms with Gasteiger partial charge in [-0.3, -0.25) is 9.59 Å². The Kier molecular flexibility index (Phi) is 9.53. The highest BCUT2D eigenvalue weighted by atomic mass is 127. The highest BCUT2D eigenvalue weighted by molar-refractivity contribution is 5.72. The quantitative estimate of drug-likeness (QED) is 0.171. The summed E-state index contributed by atoms with van der Waals surface area (Å²) in [6.07, 6.45) is 10.2. The highest BCUT2D eigenvalue weighted by Gasteiger charge is 2.51. The van der Waals surface area contributed by atoms with Crippen LogP contribution >= 0.6 is 0 Å². The van der Waals surface area contributed by atoms with E-state index in [-0.39, 0.29) is 72.1 Å². The summed E-state index contributed by atoms with van der Waals surface area (Å²) in [6, 6.07) is 2.48. The van der Waals surface area contributed by atoms with Crippen molar-refractivity contribution in [3.05, 3.63) is 0 Å². The van der Waals surface area contributed by atoms with Gasteiger partial charge in [0.05, 0.1) is 52.4 Å². The van der Waals surface area contributed by atoms with Gasteiger partial charge in [-0.05, 0) is 6.42 Å². The average Bonchev–Trinajstić information content (AvgIpc) is 2.92. The predicted molar refractivity (Wildman–Crippen MR) is 110 cm³/mol. The van der Waals surface area contributed by atoms with Crippen molar-refractivity contribution in [3.63, 3.8) is 0 Å². The summed E-state index contributed by atoms with van der Waals surface area (Å²) >= 11 is 0. The molecule has 0 spiro atoms. The molecule has 4 heterocycles. The Balaban J connectivity index is 0.00000171. The number of carbonyl (C=O) groups excluding carboxylic acids is 2. The van der Waals surface area contributed by atoms with E-state index in [1.54, 1.807) is 0 Å². The van der Waals surface area contributed by atoms with Crippen molar-refractivity contribution < 1.29 is 76.0 Å². The molecular formula is C23H40I2N2O4. The van der Waals surface area contributed by atoms with E-state index in [4.69, 9.17) is 9.47 Å². The molecule has 4 rings (SSSR count). The third kappa shape index (κ3) is 5.88. The molecule has 0 N–H and O–H groups in total. The molecule has 0 saturated carbocycles. The fourth-order valence-electron chi connectivity index (χ4n) is 6.72. The molecule has 4 saturated heterocycles. The molecule has 180 valence electrons. The van der Waals surface area contributed by atoms with Crippen LogP contribution in [0, 0.1) is 0 Å². The molecule has 0 radical (unpaired) electrons. The van der Waals surface area contributed by atoms with Crippen LogP contribution in [0.3, 0.4) is 0 Å². The zero-order valence-electron chi connectivity index (χ0n) is 19.5. The van der Waals surface area contributed by atoms with E-state index < -0.39 is 0 Å². The molecule has 6 nitrogen and oxygen atoms in total. The number of carbonyl (C=O) groups is 2. The first-order chi connectivity index (χ1) is 13.7. The molecule has 4 aliphatic heterocycles. The lowest BCUT2D eigenvalue weighted by atomic mass is 9.97. The number of piperidine rings is 2. The third-order valence-corrected chi connectivity index (χ3v) is 8.93. The second-order valence-corrected chi connectivity index (χ2v) is 11.0. The standard InChI is InChI=1S/C23H40N2O4.2HI/c1-24(2)16-8-9-17(24)13-20(12-16)28-22(26)6-5-7-23(27)29-21-14-18-10-11-19(15-21)25(18,3)4;;/h16-21H,5-15H2,1-4H3;2*1H/q+2;;/p-2. The van der Waals surface area contributed by atoms with Crippen molar-refractivity contribution in [2.75, 3.05) is 28.2 Å². The Hall–Kier alpha value is 0.320. The number of esters is 2. The van der Waals surface area contributed by atoms with E-state index in [1.807, 2.05) is 0 Å². The van der Waals surface area contributed by atoms with Gasteiger partial charge >= 0.3 is 11.9 Å². The van der Waals surface area contributed by atoms with Crippen LogP contribution < -0.4 is 48.0 Å². The molecule has 8 heteroatoms. The number of fused-ring (bicyclic) bond motifs is 4. The van der Waals surface area contributed by atoms with Gasteiger partial charge in [0.15, 0.2) is 0 Å². The molecule has 4 atom stereocenters. The van der Waals surface area contributed by atoms with Crippen molar-refractivity contribution in [2.24, 2.45) is 0 Å². The van der Waals surface area contributed by atoms with E-state index in [1.165, 1.54) is 25.7 Å². The molecule has 4 unspecified atom stereocenters. The predicted octanol–water partition coefficient (Wildman–Crippen LogP) is -3.21. The van der Waals surface area contributed by atoms with Gasteiger partial charge in [-0.15, -0.1) is 0 Å². The van der Waals surface area contributed by atoms with Crippen molar-refractivity contribution in [1.29, 1.82) is 0 Å². The first-order valence-corrected chi connectivity index (χ1v) is 11.7. The molecule has 4 fully saturated rings. The topological polar surface area (TPSA) is 52.6 Å². The minimum absolute atomic E-state index is 0. The Morgan fingerprint density at radius 1 is 0.645 bits per heavy atom. The summed E-state index contributed by atoms with van der Waals surface area (Å²) in [5.41, 5.74) is 0. The summed E-state index contributed by atoms with van der Waals surface area (Å²) in [6.45, 7) is 0. The van der Waals surface area contributed by atoms with Gasteiger partial charge in [-0.25, -0.2) is 0 Å². The molecule has 4 aliphatic rings. The van der Waals surface area contributed by atoms with Gasteiger partial charge in [-0.2, -0.15) is 0 Å². The van der Waals surface area contributed by atoms with Gasteiger partial charge in [0.2, 0.25) is 0 Å². The molecular weight excluding hydrogens is 622 g/mol. The number of nitrogens with zero attached hydrogens (tertiary/aromatic N) is 2. The Labute approximate surface area is 222 Å². The second-order valence-electron chi connectivity index (χ2n) is 11.0. The fourth-order valence-corrected chi connectivity index (χ4v) is 6.72. The van der Waals surface area contributed by atoms with Crippen LogP contribution in [0.2, 0.25) is 0 Å². The zero-order chi connectivity index (χ0) is 20.8. The molecule has 31 heavy (non-hydrogen) atoms. The maximum Gasteiger partial charge on any atom is 0.306 e. The van der Waals surface area contributed by atoms with Crippen molar-refractivity contribution >= 4 is 11.9 Å². The van der Waals surface area contributed by atoms with Crippen molar-refractivity contribution in [3.8, 4) is 0 Å². The second kappa shape index (κ2) is 10.7. The first-order valence-electron chi connectivity index (χ1n) is 11.7. The number of quaternary nitrogens is 2. The lowest BCUT2D eigenvalue weighted by molar-refractivity contribution is -0.931. The Morgan fingerprint density at radius 2 is 0.935 bits per heavy atom. The van der Waals surface area contributed by atoms with Crippen LogP contribution in [-0.2, 0) is 19.1 Å². The van der Waals surface area contributed by atoms with Crippen molar-refractivity contribution in [1.82, 2.24) is 0 Å². The Morgan fingerprint density at radius 3 is 1.23 bits per heavy atom. The van der Waals surface area contributed by atoms with Gasteiger partial charge in [0.25, 0.3) is 0 Å². The van der Waals surface area contributed by atoms with Gasteiger partial charge in [-0.1, -0.05) is 0 Å². The normalized spacial score (nSPS) is 36.6. The molecule has 0 aliphatic carbocycles. The maximum absolute atomic E-state index is 12.3. The number of halogens is 2. The number of hydrogen-bond acceptors (Lipinski definition) is 4.